The summed E-state index contributed by atoms with van der Waals surface area (Å²) < 4.78 is 17.2. The van der Waals surface area contributed by atoms with Gasteiger partial charge in [-0.3, -0.25) is 14.6 Å². The van der Waals surface area contributed by atoms with Gasteiger partial charge < -0.3 is 14.2 Å². The van der Waals surface area contributed by atoms with Crippen LogP contribution in [-0.2, 0) is 19.0 Å². The standard InChI is InChI=1S/C19H22ClN3O4S/c1-13-10-14(20)11-16-17(13)21-19(28-16)23(3-2-22-4-6-25-7-5-22)18(24)15-12-26-8-9-27-15/h10-12H,2-9H2,1H3. The van der Waals surface area contributed by atoms with Gasteiger partial charge in [-0.1, -0.05) is 22.9 Å². The molecule has 9 heteroatoms. The van der Waals surface area contributed by atoms with Gasteiger partial charge in [-0.25, -0.2) is 4.98 Å². The fraction of sp³-hybridized carbons (Fsp3) is 0.474. The molecule has 0 unspecified atom stereocenters. The minimum Gasteiger partial charge on any atom is -0.494 e. The number of hydrogen-bond donors (Lipinski definition) is 0. The second-order valence-corrected chi connectivity index (χ2v) is 8.12. The zero-order valence-electron chi connectivity index (χ0n) is 15.6. The first-order valence-electron chi connectivity index (χ1n) is 9.25. The highest BCUT2D eigenvalue weighted by Gasteiger charge is 2.27. The van der Waals surface area contributed by atoms with Gasteiger partial charge in [0.2, 0.25) is 5.76 Å². The maximum Gasteiger partial charge on any atom is 0.298 e. The van der Waals surface area contributed by atoms with Crippen molar-refractivity contribution in [2.24, 2.45) is 0 Å². The number of fused-ring (bicyclic) bond motifs is 1. The van der Waals surface area contributed by atoms with Crippen molar-refractivity contribution in [3.63, 3.8) is 0 Å². The average molecular weight is 424 g/mol. The maximum absolute atomic E-state index is 13.2. The van der Waals surface area contributed by atoms with Crippen LogP contribution < -0.4 is 4.90 Å². The van der Waals surface area contributed by atoms with E-state index in [1.165, 1.54) is 17.6 Å². The SMILES string of the molecule is Cc1cc(Cl)cc2sc(N(CCN3CCOCC3)C(=O)C3=COCCO3)nc12. The van der Waals surface area contributed by atoms with Gasteiger partial charge in [0.25, 0.3) is 5.91 Å². The van der Waals surface area contributed by atoms with E-state index in [2.05, 4.69) is 4.90 Å². The predicted molar refractivity (Wildman–Crippen MR) is 109 cm³/mol. The van der Waals surface area contributed by atoms with Crippen molar-refractivity contribution < 1.29 is 19.0 Å². The second kappa shape index (κ2) is 8.65. The number of nitrogens with zero attached hydrogens (tertiary/aromatic N) is 3. The number of aryl methyl sites for hydroxylation is 1. The van der Waals surface area contributed by atoms with Gasteiger partial charge in [0.1, 0.15) is 19.5 Å². The Bertz CT molecular complexity index is 895. The van der Waals surface area contributed by atoms with Crippen molar-refractivity contribution in [2.45, 2.75) is 6.92 Å². The van der Waals surface area contributed by atoms with Crippen molar-refractivity contribution in [2.75, 3.05) is 57.5 Å². The van der Waals surface area contributed by atoms with E-state index in [4.69, 9.17) is 30.8 Å². The number of anilines is 1. The molecule has 0 saturated carbocycles. The normalized spacial score (nSPS) is 17.7. The first-order chi connectivity index (χ1) is 13.6. The third-order valence-electron chi connectivity index (χ3n) is 4.72. The lowest BCUT2D eigenvalue weighted by Crippen LogP contribution is -2.44. The smallest absolute Gasteiger partial charge is 0.298 e. The Balaban J connectivity index is 1.62. The predicted octanol–water partition coefficient (Wildman–Crippen LogP) is 2.81. The molecule has 7 nitrogen and oxygen atoms in total. The van der Waals surface area contributed by atoms with Crippen LogP contribution >= 0.6 is 22.9 Å². The highest BCUT2D eigenvalue weighted by Crippen LogP contribution is 2.33. The van der Waals surface area contributed by atoms with Crippen LogP contribution in [0.2, 0.25) is 5.02 Å². The number of halogens is 1. The molecule has 2 aliphatic rings. The lowest BCUT2D eigenvalue weighted by Gasteiger charge is -2.29. The monoisotopic (exact) mass is 423 g/mol. The summed E-state index contributed by atoms with van der Waals surface area (Å²) in [5, 5.41) is 1.30. The Morgan fingerprint density at radius 1 is 1.29 bits per heavy atom. The van der Waals surface area contributed by atoms with E-state index in [9.17, 15) is 4.79 Å². The van der Waals surface area contributed by atoms with E-state index in [0.29, 0.717) is 29.9 Å². The largest absolute Gasteiger partial charge is 0.494 e. The van der Waals surface area contributed by atoms with Crippen molar-refractivity contribution >= 4 is 44.2 Å². The third-order valence-corrected chi connectivity index (χ3v) is 5.96. The third kappa shape index (κ3) is 4.25. The van der Waals surface area contributed by atoms with E-state index in [0.717, 1.165) is 48.6 Å². The molecule has 1 fully saturated rings. The number of amides is 1. The van der Waals surface area contributed by atoms with E-state index >= 15 is 0 Å². The molecular weight excluding hydrogens is 402 g/mol. The molecule has 1 aromatic carbocycles. The Hall–Kier alpha value is -1.87. The summed E-state index contributed by atoms with van der Waals surface area (Å²) in [6.45, 7) is 7.18. The Labute approximate surface area is 172 Å². The highest BCUT2D eigenvalue weighted by molar-refractivity contribution is 7.22. The van der Waals surface area contributed by atoms with Crippen LogP contribution in [0, 0.1) is 6.92 Å². The fourth-order valence-corrected chi connectivity index (χ4v) is 4.67. The molecular formula is C19H22ClN3O4S. The maximum atomic E-state index is 13.2. The first kappa shape index (κ1) is 19.4. The molecule has 0 aliphatic carbocycles. The van der Waals surface area contributed by atoms with Crippen molar-refractivity contribution in [1.29, 1.82) is 0 Å². The van der Waals surface area contributed by atoms with E-state index < -0.39 is 0 Å². The molecule has 0 radical (unpaired) electrons. The number of thiazole rings is 1. The second-order valence-electron chi connectivity index (χ2n) is 6.68. The number of morpholine rings is 1. The molecule has 4 rings (SSSR count). The van der Waals surface area contributed by atoms with Crippen molar-refractivity contribution in [3.8, 4) is 0 Å². The van der Waals surface area contributed by atoms with E-state index in [1.54, 1.807) is 4.90 Å². The lowest BCUT2D eigenvalue weighted by molar-refractivity contribution is -0.119. The highest BCUT2D eigenvalue weighted by atomic mass is 35.5. The number of rotatable bonds is 5. The molecule has 1 amide bonds. The van der Waals surface area contributed by atoms with Gasteiger partial charge in [0, 0.05) is 31.2 Å². The molecule has 2 aliphatic heterocycles. The molecule has 0 bridgehead atoms. The molecule has 0 atom stereocenters. The van der Waals surface area contributed by atoms with Gasteiger partial charge in [-0.2, -0.15) is 0 Å². The van der Waals surface area contributed by atoms with Crippen LogP contribution in [0.1, 0.15) is 5.56 Å². The van der Waals surface area contributed by atoms with Crippen LogP contribution in [0.5, 0.6) is 0 Å². The number of hydrogen-bond acceptors (Lipinski definition) is 7. The zero-order chi connectivity index (χ0) is 19.5. The van der Waals surface area contributed by atoms with Gasteiger partial charge in [-0.05, 0) is 24.6 Å². The summed E-state index contributed by atoms with van der Waals surface area (Å²) in [7, 11) is 0. The van der Waals surface area contributed by atoms with Crippen molar-refractivity contribution in [3.05, 3.63) is 34.7 Å². The number of carbonyl (C=O) groups is 1. The average Bonchev–Trinajstić information content (AvgIpc) is 3.13. The lowest BCUT2D eigenvalue weighted by atomic mass is 10.2. The van der Waals surface area contributed by atoms with E-state index in [-0.39, 0.29) is 11.7 Å². The van der Waals surface area contributed by atoms with Crippen LogP contribution in [0.3, 0.4) is 0 Å². The first-order valence-corrected chi connectivity index (χ1v) is 10.4. The van der Waals surface area contributed by atoms with Crippen LogP contribution in [0.15, 0.2) is 24.2 Å². The summed E-state index contributed by atoms with van der Waals surface area (Å²) in [5.74, 6) is -0.0296. The van der Waals surface area contributed by atoms with Crippen LogP contribution in [0.25, 0.3) is 10.2 Å². The van der Waals surface area contributed by atoms with Crippen molar-refractivity contribution in [1.82, 2.24) is 9.88 Å². The molecule has 2 aromatic rings. The molecule has 1 saturated heterocycles. The van der Waals surface area contributed by atoms with Gasteiger partial charge in [0.15, 0.2) is 5.13 Å². The fourth-order valence-electron chi connectivity index (χ4n) is 3.22. The minimum atomic E-state index is -0.240. The molecule has 1 aromatic heterocycles. The number of carbonyl (C=O) groups excluding carboxylic acids is 1. The molecule has 3 heterocycles. The number of aromatic nitrogens is 1. The molecule has 28 heavy (non-hydrogen) atoms. The Morgan fingerprint density at radius 2 is 2.11 bits per heavy atom. The van der Waals surface area contributed by atoms with Crippen LogP contribution in [-0.4, -0.2) is 68.4 Å². The molecule has 0 N–H and O–H groups in total. The number of benzene rings is 1. The van der Waals surface area contributed by atoms with Gasteiger partial charge in [0.05, 0.1) is 23.4 Å². The summed E-state index contributed by atoms with van der Waals surface area (Å²) in [6.07, 6.45) is 1.39. The summed E-state index contributed by atoms with van der Waals surface area (Å²) >= 11 is 7.65. The quantitative estimate of drug-likeness (QED) is 0.736. The Morgan fingerprint density at radius 3 is 2.86 bits per heavy atom. The molecule has 150 valence electrons. The Kier molecular flexibility index (Phi) is 6.01. The zero-order valence-corrected chi connectivity index (χ0v) is 17.2. The minimum absolute atomic E-state index is 0.210. The summed E-state index contributed by atoms with van der Waals surface area (Å²) in [4.78, 5) is 21.8. The summed E-state index contributed by atoms with van der Waals surface area (Å²) in [5.41, 5.74) is 1.85. The topological polar surface area (TPSA) is 64.1 Å². The van der Waals surface area contributed by atoms with E-state index in [1.807, 2.05) is 19.1 Å². The number of ether oxygens (including phenoxy) is 3. The summed E-state index contributed by atoms with van der Waals surface area (Å²) in [6, 6.07) is 3.77. The van der Waals surface area contributed by atoms with Gasteiger partial charge >= 0.3 is 0 Å². The molecule has 0 spiro atoms. The van der Waals surface area contributed by atoms with Crippen LogP contribution in [0.4, 0.5) is 5.13 Å². The van der Waals surface area contributed by atoms with Gasteiger partial charge in [-0.15, -0.1) is 0 Å².